The van der Waals surface area contributed by atoms with E-state index in [0.717, 1.165) is 12.8 Å². The van der Waals surface area contributed by atoms with Gasteiger partial charge in [0.05, 0.1) is 6.42 Å². The third-order valence-corrected chi connectivity index (χ3v) is 3.67. The Kier molecular flexibility index (Phi) is 2.75. The minimum absolute atomic E-state index is 0.186. The number of hydrogen-bond donors (Lipinski definition) is 1. The van der Waals surface area contributed by atoms with E-state index >= 15 is 0 Å². The van der Waals surface area contributed by atoms with Crippen molar-refractivity contribution in [3.8, 4) is 0 Å². The van der Waals surface area contributed by atoms with E-state index in [1.807, 2.05) is 12.1 Å². The molecule has 2 nitrogen and oxygen atoms in total. The number of fused-ring (bicyclic) bond motifs is 1. The summed E-state index contributed by atoms with van der Waals surface area (Å²) in [6, 6.07) is 8.28. The molecule has 0 bridgehead atoms. The average Bonchev–Trinajstić information content (AvgIpc) is 2.23. The van der Waals surface area contributed by atoms with Crippen molar-refractivity contribution in [2.45, 2.75) is 44.4 Å². The Labute approximate surface area is 96.3 Å². The van der Waals surface area contributed by atoms with Crippen LogP contribution in [0, 0.1) is 0 Å². The van der Waals surface area contributed by atoms with Gasteiger partial charge in [-0.15, -0.1) is 0 Å². The van der Waals surface area contributed by atoms with Crippen LogP contribution in [-0.4, -0.2) is 11.1 Å². The van der Waals surface area contributed by atoms with E-state index in [1.165, 1.54) is 11.1 Å². The molecule has 0 radical (unpaired) electrons. The molecule has 0 unspecified atom stereocenters. The van der Waals surface area contributed by atoms with Crippen LogP contribution in [0.1, 0.15) is 50.2 Å². The molecule has 1 aliphatic rings. The van der Waals surface area contributed by atoms with Crippen molar-refractivity contribution in [2.24, 2.45) is 0 Å². The van der Waals surface area contributed by atoms with Crippen LogP contribution >= 0.6 is 0 Å². The van der Waals surface area contributed by atoms with Crippen LogP contribution in [0.3, 0.4) is 0 Å². The first-order chi connectivity index (χ1) is 7.50. The maximum atomic E-state index is 10.8. The number of carboxylic acid groups (broad SMARTS) is 1. The molecular formula is C14H18O2. The first kappa shape index (κ1) is 11.2. The van der Waals surface area contributed by atoms with Crippen molar-refractivity contribution in [2.75, 3.05) is 0 Å². The summed E-state index contributed by atoms with van der Waals surface area (Å²) in [4.78, 5) is 10.8. The largest absolute Gasteiger partial charge is 0.481 e. The topological polar surface area (TPSA) is 37.3 Å². The third kappa shape index (κ3) is 1.97. The Morgan fingerprint density at radius 2 is 2.12 bits per heavy atom. The van der Waals surface area contributed by atoms with Crippen LogP contribution in [0.5, 0.6) is 0 Å². The van der Waals surface area contributed by atoms with Gasteiger partial charge in [-0.3, -0.25) is 4.79 Å². The van der Waals surface area contributed by atoms with Gasteiger partial charge in [-0.05, 0) is 35.3 Å². The van der Waals surface area contributed by atoms with Crippen molar-refractivity contribution in [3.05, 3.63) is 35.4 Å². The highest BCUT2D eigenvalue weighted by Gasteiger charge is 2.32. The lowest BCUT2D eigenvalue weighted by atomic mass is 9.68. The van der Waals surface area contributed by atoms with Crippen molar-refractivity contribution in [1.82, 2.24) is 0 Å². The fraction of sp³-hybridized carbons (Fsp3) is 0.500. The summed E-state index contributed by atoms with van der Waals surface area (Å²) in [6.07, 6.45) is 2.31. The highest BCUT2D eigenvalue weighted by Crippen LogP contribution is 2.43. The van der Waals surface area contributed by atoms with E-state index in [2.05, 4.69) is 26.0 Å². The minimum atomic E-state index is -0.695. The van der Waals surface area contributed by atoms with E-state index in [9.17, 15) is 4.79 Å². The van der Waals surface area contributed by atoms with Gasteiger partial charge in [-0.25, -0.2) is 0 Å². The summed E-state index contributed by atoms with van der Waals surface area (Å²) in [7, 11) is 0. The average molecular weight is 218 g/mol. The minimum Gasteiger partial charge on any atom is -0.481 e. The van der Waals surface area contributed by atoms with Gasteiger partial charge in [0.15, 0.2) is 0 Å². The zero-order valence-corrected chi connectivity index (χ0v) is 9.86. The normalized spacial score (nSPS) is 22.5. The second kappa shape index (κ2) is 3.93. The number of aliphatic carboxylic acids is 1. The Bertz CT molecular complexity index is 407. The molecule has 0 saturated heterocycles. The molecular weight excluding hydrogens is 200 g/mol. The van der Waals surface area contributed by atoms with Crippen LogP contribution in [0.4, 0.5) is 0 Å². The number of carboxylic acids is 1. The standard InChI is InChI=1S/C14H18O2/c1-14(2)8-7-10(9-13(15)16)11-5-3-4-6-12(11)14/h3-6,10H,7-9H2,1-2H3,(H,15,16)/t10-/m0/s1. The maximum absolute atomic E-state index is 10.8. The predicted octanol–water partition coefficient (Wildman–Crippen LogP) is 3.32. The molecule has 2 rings (SSSR count). The highest BCUT2D eigenvalue weighted by molar-refractivity contribution is 5.68. The SMILES string of the molecule is CC1(C)CC[C@@H](CC(=O)O)c2ccccc21. The molecule has 0 spiro atoms. The molecule has 1 atom stereocenters. The lowest BCUT2D eigenvalue weighted by Crippen LogP contribution is -2.27. The molecule has 0 aromatic heterocycles. The van der Waals surface area contributed by atoms with Crippen molar-refractivity contribution in [1.29, 1.82) is 0 Å². The monoisotopic (exact) mass is 218 g/mol. The van der Waals surface area contributed by atoms with Crippen LogP contribution in [0.25, 0.3) is 0 Å². The van der Waals surface area contributed by atoms with Gasteiger partial charge in [0.1, 0.15) is 0 Å². The Balaban J connectivity index is 2.39. The summed E-state index contributed by atoms with van der Waals surface area (Å²) in [5.41, 5.74) is 2.75. The fourth-order valence-corrected chi connectivity index (χ4v) is 2.72. The van der Waals surface area contributed by atoms with E-state index < -0.39 is 5.97 Å². The van der Waals surface area contributed by atoms with Gasteiger partial charge in [0.25, 0.3) is 0 Å². The summed E-state index contributed by atoms with van der Waals surface area (Å²) < 4.78 is 0. The van der Waals surface area contributed by atoms with Gasteiger partial charge in [0, 0.05) is 0 Å². The predicted molar refractivity (Wildman–Crippen MR) is 63.7 cm³/mol. The number of hydrogen-bond acceptors (Lipinski definition) is 1. The van der Waals surface area contributed by atoms with E-state index in [0.29, 0.717) is 0 Å². The molecule has 0 aliphatic heterocycles. The first-order valence-corrected chi connectivity index (χ1v) is 5.82. The highest BCUT2D eigenvalue weighted by atomic mass is 16.4. The molecule has 1 aromatic carbocycles. The first-order valence-electron chi connectivity index (χ1n) is 5.82. The van der Waals surface area contributed by atoms with Crippen molar-refractivity contribution in [3.63, 3.8) is 0 Å². The van der Waals surface area contributed by atoms with Crippen LogP contribution in [0.15, 0.2) is 24.3 Å². The summed E-state index contributed by atoms with van der Waals surface area (Å²) in [5, 5.41) is 8.92. The van der Waals surface area contributed by atoms with E-state index in [-0.39, 0.29) is 17.8 Å². The lowest BCUT2D eigenvalue weighted by Gasteiger charge is -2.36. The molecule has 1 N–H and O–H groups in total. The van der Waals surface area contributed by atoms with Crippen LogP contribution < -0.4 is 0 Å². The second-order valence-electron chi connectivity index (χ2n) is 5.30. The molecule has 1 aliphatic carbocycles. The molecule has 0 amide bonds. The third-order valence-electron chi connectivity index (χ3n) is 3.67. The number of benzene rings is 1. The van der Waals surface area contributed by atoms with Gasteiger partial charge >= 0.3 is 5.97 Å². The van der Waals surface area contributed by atoms with Crippen molar-refractivity contribution < 1.29 is 9.90 Å². The molecule has 0 saturated carbocycles. The Morgan fingerprint density at radius 1 is 1.44 bits per heavy atom. The van der Waals surface area contributed by atoms with Crippen molar-refractivity contribution >= 4 is 5.97 Å². The second-order valence-corrected chi connectivity index (χ2v) is 5.30. The maximum Gasteiger partial charge on any atom is 0.303 e. The van der Waals surface area contributed by atoms with E-state index in [1.54, 1.807) is 0 Å². The smallest absolute Gasteiger partial charge is 0.303 e. The number of rotatable bonds is 2. The molecule has 86 valence electrons. The molecule has 2 heteroatoms. The molecule has 16 heavy (non-hydrogen) atoms. The van der Waals surface area contributed by atoms with Crippen LogP contribution in [-0.2, 0) is 10.2 Å². The van der Waals surface area contributed by atoms with Gasteiger partial charge in [-0.2, -0.15) is 0 Å². The molecule has 0 heterocycles. The zero-order valence-electron chi connectivity index (χ0n) is 9.86. The van der Waals surface area contributed by atoms with Gasteiger partial charge < -0.3 is 5.11 Å². The van der Waals surface area contributed by atoms with Gasteiger partial charge in [0.2, 0.25) is 0 Å². The lowest BCUT2D eigenvalue weighted by molar-refractivity contribution is -0.137. The zero-order chi connectivity index (χ0) is 11.8. The fourth-order valence-electron chi connectivity index (χ4n) is 2.72. The summed E-state index contributed by atoms with van der Waals surface area (Å²) >= 11 is 0. The summed E-state index contributed by atoms with van der Waals surface area (Å²) in [5.74, 6) is -0.499. The molecule has 1 aromatic rings. The van der Waals surface area contributed by atoms with E-state index in [4.69, 9.17) is 5.11 Å². The van der Waals surface area contributed by atoms with Gasteiger partial charge in [-0.1, -0.05) is 38.1 Å². The van der Waals surface area contributed by atoms with Crippen LogP contribution in [0.2, 0.25) is 0 Å². The summed E-state index contributed by atoms with van der Waals surface area (Å²) in [6.45, 7) is 4.48. The number of carbonyl (C=O) groups is 1. The molecule has 0 fully saturated rings. The quantitative estimate of drug-likeness (QED) is 0.826. The Morgan fingerprint density at radius 3 is 2.81 bits per heavy atom. The Hall–Kier alpha value is -1.31.